The summed E-state index contributed by atoms with van der Waals surface area (Å²) >= 11 is 6.12. The lowest BCUT2D eigenvalue weighted by Gasteiger charge is -2.10. The highest BCUT2D eigenvalue weighted by Crippen LogP contribution is 2.39. The fourth-order valence-electron chi connectivity index (χ4n) is 1.85. The van der Waals surface area contributed by atoms with Gasteiger partial charge in [0.2, 0.25) is 5.88 Å². The number of hydrogen-bond acceptors (Lipinski definition) is 3. The fourth-order valence-corrected chi connectivity index (χ4v) is 2.02. The summed E-state index contributed by atoms with van der Waals surface area (Å²) < 4.78 is 5.75. The van der Waals surface area contributed by atoms with Gasteiger partial charge in [0.25, 0.3) is 0 Å². The molecule has 1 aromatic heterocycles. The Labute approximate surface area is 114 Å². The maximum absolute atomic E-state index is 6.12. The number of unbranched alkanes of at least 4 members (excludes halogenated alkanes) is 3. The number of aromatic nitrogens is 2. The maximum Gasteiger partial charge on any atom is 0.221 e. The van der Waals surface area contributed by atoms with Crippen LogP contribution in [0.25, 0.3) is 0 Å². The van der Waals surface area contributed by atoms with Crippen LogP contribution in [0.1, 0.15) is 62.8 Å². The van der Waals surface area contributed by atoms with Gasteiger partial charge in [-0.1, -0.05) is 37.8 Å². The third-order valence-electron chi connectivity index (χ3n) is 3.24. The van der Waals surface area contributed by atoms with Crippen molar-refractivity contribution in [3.05, 3.63) is 16.5 Å². The van der Waals surface area contributed by atoms with Gasteiger partial charge < -0.3 is 4.74 Å². The zero-order valence-electron chi connectivity index (χ0n) is 11.2. The molecule has 0 unspecified atom stereocenters. The SMILES string of the molecule is CCCCCCOc1nc(C2CC2)nc(Cl)c1C. The van der Waals surface area contributed by atoms with Gasteiger partial charge in [-0.05, 0) is 26.2 Å². The Hall–Kier alpha value is -0.830. The van der Waals surface area contributed by atoms with Crippen LogP contribution in [-0.2, 0) is 0 Å². The zero-order valence-corrected chi connectivity index (χ0v) is 12.0. The number of halogens is 1. The Balaban J connectivity index is 1.93. The van der Waals surface area contributed by atoms with Crippen molar-refractivity contribution in [3.63, 3.8) is 0 Å². The van der Waals surface area contributed by atoms with Gasteiger partial charge in [0.15, 0.2) is 0 Å². The normalized spacial score (nSPS) is 14.8. The lowest BCUT2D eigenvalue weighted by molar-refractivity contribution is 0.290. The summed E-state index contributed by atoms with van der Waals surface area (Å²) in [7, 11) is 0. The molecule has 2 rings (SSSR count). The van der Waals surface area contributed by atoms with Crippen molar-refractivity contribution in [3.8, 4) is 5.88 Å². The van der Waals surface area contributed by atoms with Crippen molar-refractivity contribution >= 4 is 11.6 Å². The lowest BCUT2D eigenvalue weighted by atomic mass is 10.2. The van der Waals surface area contributed by atoms with Crippen LogP contribution in [0.3, 0.4) is 0 Å². The highest BCUT2D eigenvalue weighted by Gasteiger charge is 2.28. The highest BCUT2D eigenvalue weighted by molar-refractivity contribution is 6.30. The molecule has 0 saturated heterocycles. The van der Waals surface area contributed by atoms with Crippen LogP contribution < -0.4 is 4.74 Å². The summed E-state index contributed by atoms with van der Waals surface area (Å²) in [5.74, 6) is 2.04. The van der Waals surface area contributed by atoms with E-state index in [1.54, 1.807) is 0 Å². The number of nitrogens with zero attached hydrogens (tertiary/aromatic N) is 2. The molecule has 1 aliphatic rings. The molecule has 0 aromatic carbocycles. The van der Waals surface area contributed by atoms with E-state index in [9.17, 15) is 0 Å². The van der Waals surface area contributed by atoms with E-state index in [1.165, 1.54) is 32.1 Å². The largest absolute Gasteiger partial charge is 0.477 e. The maximum atomic E-state index is 6.12. The van der Waals surface area contributed by atoms with E-state index in [0.29, 0.717) is 17.0 Å². The Bertz CT molecular complexity index is 405. The van der Waals surface area contributed by atoms with E-state index >= 15 is 0 Å². The smallest absolute Gasteiger partial charge is 0.221 e. The topological polar surface area (TPSA) is 35.0 Å². The second-order valence-corrected chi connectivity index (χ2v) is 5.34. The molecule has 0 N–H and O–H groups in total. The molecule has 0 bridgehead atoms. The lowest BCUT2D eigenvalue weighted by Crippen LogP contribution is -2.05. The van der Waals surface area contributed by atoms with Crippen LogP contribution in [0.15, 0.2) is 0 Å². The minimum absolute atomic E-state index is 0.505. The van der Waals surface area contributed by atoms with Crippen molar-refractivity contribution in [2.45, 2.75) is 58.3 Å². The summed E-state index contributed by atoms with van der Waals surface area (Å²) in [6.07, 6.45) is 7.15. The van der Waals surface area contributed by atoms with Gasteiger partial charge in [0.1, 0.15) is 11.0 Å². The van der Waals surface area contributed by atoms with E-state index in [0.717, 1.165) is 24.4 Å². The first kappa shape index (κ1) is 13.6. The molecule has 0 spiro atoms. The average molecular weight is 269 g/mol. The monoisotopic (exact) mass is 268 g/mol. The van der Waals surface area contributed by atoms with Gasteiger partial charge in [-0.2, -0.15) is 4.98 Å². The van der Waals surface area contributed by atoms with Crippen LogP contribution in [0.5, 0.6) is 5.88 Å². The van der Waals surface area contributed by atoms with Crippen molar-refractivity contribution in [1.82, 2.24) is 9.97 Å². The first-order valence-electron chi connectivity index (χ1n) is 6.89. The van der Waals surface area contributed by atoms with Gasteiger partial charge in [-0.25, -0.2) is 4.98 Å². The minimum atomic E-state index is 0.505. The van der Waals surface area contributed by atoms with Crippen molar-refractivity contribution < 1.29 is 4.74 Å². The molecule has 1 saturated carbocycles. The quantitative estimate of drug-likeness (QED) is 0.547. The molecule has 1 aromatic rings. The van der Waals surface area contributed by atoms with Crippen molar-refractivity contribution in [2.75, 3.05) is 6.61 Å². The number of ether oxygens (including phenoxy) is 1. The summed E-state index contributed by atoms with van der Waals surface area (Å²) in [6, 6.07) is 0. The molecule has 1 fully saturated rings. The molecule has 18 heavy (non-hydrogen) atoms. The molecule has 0 aliphatic heterocycles. The summed E-state index contributed by atoms with van der Waals surface area (Å²) in [5.41, 5.74) is 0.858. The van der Waals surface area contributed by atoms with Crippen LogP contribution in [0, 0.1) is 6.92 Å². The zero-order chi connectivity index (χ0) is 13.0. The third-order valence-corrected chi connectivity index (χ3v) is 3.61. The molecular weight excluding hydrogens is 248 g/mol. The second kappa shape index (κ2) is 6.37. The van der Waals surface area contributed by atoms with E-state index < -0.39 is 0 Å². The molecule has 0 radical (unpaired) electrons. The summed E-state index contributed by atoms with van der Waals surface area (Å²) in [4.78, 5) is 8.82. The molecule has 1 aliphatic carbocycles. The van der Waals surface area contributed by atoms with Crippen LogP contribution in [0.2, 0.25) is 5.15 Å². The molecular formula is C14H21ClN2O. The Kier molecular flexibility index (Phi) is 4.81. The molecule has 4 heteroatoms. The average Bonchev–Trinajstić information content (AvgIpc) is 3.18. The van der Waals surface area contributed by atoms with Crippen molar-refractivity contribution in [1.29, 1.82) is 0 Å². The molecule has 0 atom stereocenters. The number of hydrogen-bond donors (Lipinski definition) is 0. The Morgan fingerprint density at radius 3 is 2.67 bits per heavy atom. The van der Waals surface area contributed by atoms with Crippen LogP contribution >= 0.6 is 11.6 Å². The molecule has 3 nitrogen and oxygen atoms in total. The van der Waals surface area contributed by atoms with E-state index in [2.05, 4.69) is 16.9 Å². The first-order chi connectivity index (χ1) is 8.72. The summed E-state index contributed by atoms with van der Waals surface area (Å²) in [6.45, 7) is 4.84. The van der Waals surface area contributed by atoms with Gasteiger partial charge in [0.05, 0.1) is 6.61 Å². The Morgan fingerprint density at radius 1 is 1.22 bits per heavy atom. The predicted molar refractivity (Wildman–Crippen MR) is 73.4 cm³/mol. The van der Waals surface area contributed by atoms with Gasteiger partial charge in [-0.3, -0.25) is 0 Å². The molecule has 100 valence electrons. The standard InChI is InChI=1S/C14H21ClN2O/c1-3-4-5-6-9-18-14-10(2)12(15)16-13(17-14)11-7-8-11/h11H,3-9H2,1-2H3. The van der Waals surface area contributed by atoms with Crippen LogP contribution in [0.4, 0.5) is 0 Å². The van der Waals surface area contributed by atoms with E-state index in [4.69, 9.17) is 16.3 Å². The van der Waals surface area contributed by atoms with Crippen LogP contribution in [-0.4, -0.2) is 16.6 Å². The van der Waals surface area contributed by atoms with Gasteiger partial charge in [-0.15, -0.1) is 0 Å². The third kappa shape index (κ3) is 3.58. The highest BCUT2D eigenvalue weighted by atomic mass is 35.5. The minimum Gasteiger partial charge on any atom is -0.477 e. The van der Waals surface area contributed by atoms with Crippen molar-refractivity contribution in [2.24, 2.45) is 0 Å². The van der Waals surface area contributed by atoms with E-state index in [-0.39, 0.29) is 0 Å². The number of rotatable bonds is 7. The second-order valence-electron chi connectivity index (χ2n) is 4.99. The first-order valence-corrected chi connectivity index (χ1v) is 7.27. The van der Waals surface area contributed by atoms with Gasteiger partial charge >= 0.3 is 0 Å². The van der Waals surface area contributed by atoms with E-state index in [1.807, 2.05) is 6.92 Å². The fraction of sp³-hybridized carbons (Fsp3) is 0.714. The molecule has 0 amide bonds. The summed E-state index contributed by atoms with van der Waals surface area (Å²) in [5, 5.41) is 0.537. The Morgan fingerprint density at radius 2 is 2.00 bits per heavy atom. The van der Waals surface area contributed by atoms with Gasteiger partial charge in [0, 0.05) is 11.5 Å². The molecule has 1 heterocycles. The predicted octanol–water partition coefficient (Wildman–Crippen LogP) is 4.27.